The first-order valence-electron chi connectivity index (χ1n) is 8.44. The fourth-order valence-electron chi connectivity index (χ4n) is 2.80. The van der Waals surface area contributed by atoms with Gasteiger partial charge in [-0.25, -0.2) is 9.18 Å². The molecule has 0 aliphatic carbocycles. The predicted molar refractivity (Wildman–Crippen MR) is 104 cm³/mol. The molecule has 0 aromatic carbocycles. The van der Waals surface area contributed by atoms with E-state index < -0.39 is 47.7 Å². The highest BCUT2D eigenvalue weighted by molar-refractivity contribution is 8.00. The zero-order chi connectivity index (χ0) is 22.7. The Hall–Kier alpha value is -3.27. The minimum Gasteiger partial charge on any atom is -0.477 e. The number of rotatable bonds is 8. The molecule has 2 aliphatic rings. The number of aliphatic carboxylic acids is 1. The van der Waals surface area contributed by atoms with Gasteiger partial charge in [0.1, 0.15) is 23.7 Å². The van der Waals surface area contributed by atoms with E-state index in [2.05, 4.69) is 24.7 Å². The van der Waals surface area contributed by atoms with Gasteiger partial charge in [0, 0.05) is 29.8 Å². The Kier molecular flexibility index (Phi) is 6.69. The van der Waals surface area contributed by atoms with Gasteiger partial charge in [0.15, 0.2) is 5.13 Å². The van der Waals surface area contributed by atoms with Crippen LogP contribution in [-0.2, 0) is 28.8 Å². The quantitative estimate of drug-likeness (QED) is 0.183. The molecule has 1 aromatic heterocycles. The van der Waals surface area contributed by atoms with Crippen molar-refractivity contribution in [1.29, 1.82) is 0 Å². The van der Waals surface area contributed by atoms with Crippen molar-refractivity contribution in [2.45, 2.75) is 18.3 Å². The smallest absolute Gasteiger partial charge is 0.352 e. The number of carbonyl (C=O) groups excluding carboxylic acids is 3. The highest BCUT2D eigenvalue weighted by atomic mass is 32.2. The van der Waals surface area contributed by atoms with Gasteiger partial charge in [-0.2, -0.15) is 9.36 Å². The average molecular weight is 474 g/mol. The summed E-state index contributed by atoms with van der Waals surface area (Å²) in [7, 11) is 0. The fourth-order valence-corrected chi connectivity index (χ4v) is 4.56. The molecule has 166 valence electrons. The molecule has 16 heteroatoms. The molecule has 31 heavy (non-hydrogen) atoms. The molecule has 13 nitrogen and oxygen atoms in total. The Balaban J connectivity index is 1.78. The second-order valence-corrected chi connectivity index (χ2v) is 7.92. The molecule has 1 saturated heterocycles. The summed E-state index contributed by atoms with van der Waals surface area (Å²) in [4.78, 5) is 57.0. The number of β-lactam (4-membered cyclic amide) rings is 1. The number of oxime groups is 1. The largest absolute Gasteiger partial charge is 0.477 e. The standard InChI is InChI=1S/C15H15FN6O7S2/c1-5(23)28-2-6-3-30-13-8(12(25)22(13)9(6)14(26)27)18-11(24)7(20-29-4-16)10-19-15(17)31-21-10/h8,13H,2-4H2,1H3,(H,18,24)(H,26,27)(H2,17,19,21)/b20-7-/t8-,13+/m1/s1. The summed E-state index contributed by atoms with van der Waals surface area (Å²) in [5, 5.41) is 14.6. The van der Waals surface area contributed by atoms with E-state index in [4.69, 9.17) is 10.5 Å². The van der Waals surface area contributed by atoms with Crippen LogP contribution in [0.1, 0.15) is 12.7 Å². The number of fused-ring (bicyclic) bond motifs is 1. The second-order valence-electron chi connectivity index (χ2n) is 6.03. The monoisotopic (exact) mass is 474 g/mol. The van der Waals surface area contributed by atoms with Crippen molar-refractivity contribution >= 4 is 57.9 Å². The third-order valence-electron chi connectivity index (χ3n) is 4.06. The number of ether oxygens (including phenoxy) is 1. The topological polar surface area (TPSA) is 186 Å². The summed E-state index contributed by atoms with van der Waals surface area (Å²) in [5.74, 6) is -3.65. The number of halogens is 1. The van der Waals surface area contributed by atoms with Crippen molar-refractivity contribution in [3.8, 4) is 0 Å². The molecule has 2 aliphatic heterocycles. The maximum Gasteiger partial charge on any atom is 0.352 e. The van der Waals surface area contributed by atoms with Crippen LogP contribution in [0.3, 0.4) is 0 Å². The number of amides is 2. The average Bonchev–Trinajstić information content (AvgIpc) is 3.15. The lowest BCUT2D eigenvalue weighted by molar-refractivity contribution is -0.150. The number of nitrogens with zero attached hydrogens (tertiary/aromatic N) is 4. The number of aromatic nitrogens is 2. The lowest BCUT2D eigenvalue weighted by atomic mass is 10.0. The Labute approximate surface area is 181 Å². The maximum atomic E-state index is 12.6. The van der Waals surface area contributed by atoms with Crippen LogP contribution in [0.4, 0.5) is 9.52 Å². The van der Waals surface area contributed by atoms with Crippen LogP contribution < -0.4 is 11.1 Å². The van der Waals surface area contributed by atoms with Crippen molar-refractivity contribution in [2.75, 3.05) is 25.0 Å². The number of hydrogen-bond donors (Lipinski definition) is 3. The van der Waals surface area contributed by atoms with E-state index in [1.807, 2.05) is 0 Å². The number of anilines is 1. The number of carboxylic acids is 1. The molecule has 0 spiro atoms. The Morgan fingerprint density at radius 3 is 2.77 bits per heavy atom. The summed E-state index contributed by atoms with van der Waals surface area (Å²) in [6, 6.07) is -1.09. The fraction of sp³-hybridized carbons (Fsp3) is 0.400. The summed E-state index contributed by atoms with van der Waals surface area (Å²) in [5.41, 5.74) is 4.93. The molecule has 0 radical (unpaired) electrons. The van der Waals surface area contributed by atoms with Crippen LogP contribution in [0.15, 0.2) is 16.4 Å². The highest BCUT2D eigenvalue weighted by Crippen LogP contribution is 2.40. The van der Waals surface area contributed by atoms with Crippen molar-refractivity contribution in [3.63, 3.8) is 0 Å². The SMILES string of the molecule is CC(=O)OCC1=C(C(=O)O)N2C(=O)[C@@H](NC(=O)/C(=N\OCF)c3nsc(N)n3)[C@@H]2SC1. The maximum absolute atomic E-state index is 12.6. The van der Waals surface area contributed by atoms with Gasteiger partial charge in [-0.1, -0.05) is 5.16 Å². The van der Waals surface area contributed by atoms with Crippen molar-refractivity contribution in [2.24, 2.45) is 5.16 Å². The number of hydrogen-bond acceptors (Lipinski definition) is 12. The Morgan fingerprint density at radius 1 is 1.45 bits per heavy atom. The third-order valence-corrected chi connectivity index (χ3v) is 5.94. The van der Waals surface area contributed by atoms with Gasteiger partial charge < -0.3 is 25.7 Å². The molecular formula is C15H15FN6O7S2. The number of nitrogens with one attached hydrogen (secondary N) is 1. The van der Waals surface area contributed by atoms with Crippen molar-refractivity contribution < 1.29 is 38.2 Å². The number of thioether (sulfide) groups is 1. The van der Waals surface area contributed by atoms with Crippen LogP contribution in [0.5, 0.6) is 0 Å². The summed E-state index contributed by atoms with van der Waals surface area (Å²) >= 11 is 1.95. The van der Waals surface area contributed by atoms with Crippen LogP contribution in [0, 0.1) is 0 Å². The van der Waals surface area contributed by atoms with E-state index in [0.717, 1.165) is 16.4 Å². The van der Waals surface area contributed by atoms with E-state index in [-0.39, 0.29) is 34.6 Å². The zero-order valence-electron chi connectivity index (χ0n) is 15.7. The van der Waals surface area contributed by atoms with Gasteiger partial charge in [0.2, 0.25) is 11.5 Å². The van der Waals surface area contributed by atoms with E-state index in [1.54, 1.807) is 0 Å². The molecule has 1 aromatic rings. The van der Waals surface area contributed by atoms with E-state index in [9.17, 15) is 28.7 Å². The first-order valence-corrected chi connectivity index (χ1v) is 10.3. The lowest BCUT2D eigenvalue weighted by Crippen LogP contribution is -2.71. The van der Waals surface area contributed by atoms with E-state index in [1.165, 1.54) is 18.7 Å². The van der Waals surface area contributed by atoms with Crippen molar-refractivity contribution in [3.05, 3.63) is 17.1 Å². The lowest BCUT2D eigenvalue weighted by Gasteiger charge is -2.49. The van der Waals surface area contributed by atoms with Crippen LogP contribution in [0.2, 0.25) is 0 Å². The van der Waals surface area contributed by atoms with E-state index >= 15 is 0 Å². The number of alkyl halides is 1. The minimum atomic E-state index is -1.37. The third kappa shape index (κ3) is 4.58. The van der Waals surface area contributed by atoms with Crippen molar-refractivity contribution in [1.82, 2.24) is 19.6 Å². The number of carbonyl (C=O) groups is 4. The van der Waals surface area contributed by atoms with Gasteiger partial charge in [-0.3, -0.25) is 19.3 Å². The van der Waals surface area contributed by atoms with Gasteiger partial charge >= 0.3 is 11.9 Å². The number of carboxylic acid groups (broad SMARTS) is 1. The molecule has 0 unspecified atom stereocenters. The molecule has 0 bridgehead atoms. The van der Waals surface area contributed by atoms with Gasteiger partial charge in [0.25, 0.3) is 18.7 Å². The molecule has 0 saturated carbocycles. The number of nitrogen functional groups attached to an aromatic ring is 1. The molecule has 3 heterocycles. The first kappa shape index (κ1) is 22.4. The molecule has 1 fully saturated rings. The molecule has 3 rings (SSSR count). The molecule has 2 amide bonds. The molecule has 4 N–H and O–H groups in total. The first-order chi connectivity index (χ1) is 14.7. The summed E-state index contributed by atoms with van der Waals surface area (Å²) in [6.07, 6.45) is 0. The molecular weight excluding hydrogens is 459 g/mol. The zero-order valence-corrected chi connectivity index (χ0v) is 17.4. The predicted octanol–water partition coefficient (Wildman–Crippen LogP) is -0.930. The van der Waals surface area contributed by atoms with Crippen LogP contribution in [0.25, 0.3) is 0 Å². The van der Waals surface area contributed by atoms with Gasteiger partial charge in [-0.05, 0) is 0 Å². The summed E-state index contributed by atoms with van der Waals surface area (Å²) in [6.45, 7) is -0.411. The number of esters is 1. The Morgan fingerprint density at radius 2 is 2.19 bits per heavy atom. The van der Waals surface area contributed by atoms with Crippen LogP contribution in [-0.4, -0.2) is 79.5 Å². The second kappa shape index (κ2) is 9.25. The highest BCUT2D eigenvalue weighted by Gasteiger charge is 2.54. The number of nitrogens with two attached hydrogens (primary N) is 1. The van der Waals surface area contributed by atoms with Gasteiger partial charge in [-0.15, -0.1) is 11.8 Å². The van der Waals surface area contributed by atoms with Crippen LogP contribution >= 0.6 is 23.3 Å². The molecule has 2 atom stereocenters. The van der Waals surface area contributed by atoms with E-state index in [0.29, 0.717) is 0 Å². The Bertz CT molecular complexity index is 996. The summed E-state index contributed by atoms with van der Waals surface area (Å²) < 4.78 is 21.0. The minimum absolute atomic E-state index is 0.0287. The van der Waals surface area contributed by atoms with Gasteiger partial charge in [0.05, 0.1) is 0 Å². The normalized spacial score (nSPS) is 20.6.